The van der Waals surface area contributed by atoms with Crippen molar-refractivity contribution in [3.05, 3.63) is 46.7 Å². The minimum Gasteiger partial charge on any atom is -0.480 e. The molecule has 0 saturated carbocycles. The molecule has 122 valence electrons. The summed E-state index contributed by atoms with van der Waals surface area (Å²) in [4.78, 5) is 25.1. The summed E-state index contributed by atoms with van der Waals surface area (Å²) in [5, 5.41) is 14.0. The minimum atomic E-state index is -1.32. The van der Waals surface area contributed by atoms with Gasteiger partial charge in [-0.15, -0.1) is 0 Å². The third-order valence-corrected chi connectivity index (χ3v) is 4.31. The number of hydrogen-bond donors (Lipinski definition) is 1. The number of carbonyl (C=O) groups is 2. The second kappa shape index (κ2) is 6.04. The van der Waals surface area contributed by atoms with Crippen LogP contribution in [-0.4, -0.2) is 44.3 Å². The molecule has 0 aliphatic rings. The first kappa shape index (κ1) is 17.0. The maximum absolute atomic E-state index is 12.6. The fourth-order valence-electron chi connectivity index (χ4n) is 2.06. The average molecular weight is 336 g/mol. The molecule has 7 heteroatoms. The smallest absolute Gasteiger partial charge is 0.329 e. The van der Waals surface area contributed by atoms with Gasteiger partial charge < -0.3 is 10.0 Å². The van der Waals surface area contributed by atoms with Gasteiger partial charge in [0.1, 0.15) is 5.54 Å². The molecule has 1 N–H and O–H groups in total. The monoisotopic (exact) mass is 335 g/mol. The van der Waals surface area contributed by atoms with Crippen LogP contribution in [0.15, 0.2) is 30.5 Å². The number of nitrogens with zero attached hydrogens (tertiary/aromatic N) is 3. The summed E-state index contributed by atoms with van der Waals surface area (Å²) in [7, 11) is 1.46. The highest BCUT2D eigenvalue weighted by Crippen LogP contribution is 2.24. The number of rotatable bonds is 4. The Balaban J connectivity index is 2.42. The Kier molecular flexibility index (Phi) is 4.47. The zero-order valence-corrected chi connectivity index (χ0v) is 14.1. The normalized spacial score (nSPS) is 11.3. The summed E-state index contributed by atoms with van der Waals surface area (Å²) in [6, 6.07) is 7.16. The fraction of sp³-hybridized carbons (Fsp3) is 0.312. The number of para-hydroxylation sites is 1. The maximum atomic E-state index is 12.6. The van der Waals surface area contributed by atoms with Gasteiger partial charge >= 0.3 is 5.97 Å². The van der Waals surface area contributed by atoms with Crippen LogP contribution in [0.4, 0.5) is 0 Å². The molecule has 1 heterocycles. The number of aliphatic carboxylic acids is 1. The van der Waals surface area contributed by atoms with Gasteiger partial charge in [-0.3, -0.25) is 4.79 Å². The van der Waals surface area contributed by atoms with E-state index in [4.69, 9.17) is 11.6 Å². The van der Waals surface area contributed by atoms with E-state index in [-0.39, 0.29) is 0 Å². The van der Waals surface area contributed by atoms with E-state index in [0.717, 1.165) is 0 Å². The zero-order chi connectivity index (χ0) is 17.4. The minimum absolute atomic E-state index is 0.335. The Morgan fingerprint density at radius 3 is 2.48 bits per heavy atom. The van der Waals surface area contributed by atoms with E-state index < -0.39 is 17.4 Å². The predicted octanol–water partition coefficient (Wildman–Crippen LogP) is 2.77. The molecule has 0 fully saturated rings. The van der Waals surface area contributed by atoms with Crippen LogP contribution in [0, 0.1) is 6.92 Å². The standard InChI is InChI=1S/C16H18ClN3O3/c1-10-11(14(21)19(4)16(2,3)15(22)23)9-18-20(10)13-8-6-5-7-12(13)17/h5-9H,1-4H3,(H,22,23). The molecule has 0 saturated heterocycles. The lowest BCUT2D eigenvalue weighted by Gasteiger charge is -2.31. The lowest BCUT2D eigenvalue weighted by atomic mass is 10.0. The van der Waals surface area contributed by atoms with Gasteiger partial charge in [0.2, 0.25) is 0 Å². The van der Waals surface area contributed by atoms with Gasteiger partial charge in [0.25, 0.3) is 5.91 Å². The predicted molar refractivity (Wildman–Crippen MR) is 87.1 cm³/mol. The average Bonchev–Trinajstić information content (AvgIpc) is 2.87. The molecule has 6 nitrogen and oxygen atoms in total. The fourth-order valence-corrected chi connectivity index (χ4v) is 2.28. The van der Waals surface area contributed by atoms with Crippen LogP contribution in [0.2, 0.25) is 5.02 Å². The molecule has 2 rings (SSSR count). The van der Waals surface area contributed by atoms with Crippen molar-refractivity contribution in [3.63, 3.8) is 0 Å². The molecular weight excluding hydrogens is 318 g/mol. The second-order valence-corrected chi connectivity index (χ2v) is 6.14. The number of benzene rings is 1. The molecule has 0 aliphatic carbocycles. The SMILES string of the molecule is Cc1c(C(=O)N(C)C(C)(C)C(=O)O)cnn1-c1ccccc1Cl. The lowest BCUT2D eigenvalue weighted by molar-refractivity contribution is -0.147. The third kappa shape index (κ3) is 2.94. The Morgan fingerprint density at radius 1 is 1.30 bits per heavy atom. The summed E-state index contributed by atoms with van der Waals surface area (Å²) in [6.45, 7) is 4.69. The van der Waals surface area contributed by atoms with Crippen molar-refractivity contribution in [1.29, 1.82) is 0 Å². The first-order valence-electron chi connectivity index (χ1n) is 6.99. The van der Waals surface area contributed by atoms with Crippen LogP contribution in [0.3, 0.4) is 0 Å². The van der Waals surface area contributed by atoms with Crippen molar-refractivity contribution >= 4 is 23.5 Å². The number of aromatic nitrogens is 2. The molecule has 23 heavy (non-hydrogen) atoms. The molecule has 0 unspecified atom stereocenters. The van der Waals surface area contributed by atoms with Crippen molar-refractivity contribution in [1.82, 2.24) is 14.7 Å². The van der Waals surface area contributed by atoms with Gasteiger partial charge in [0.15, 0.2) is 0 Å². The Morgan fingerprint density at radius 2 is 1.91 bits per heavy atom. The van der Waals surface area contributed by atoms with E-state index in [2.05, 4.69) is 5.10 Å². The topological polar surface area (TPSA) is 75.4 Å². The highest BCUT2D eigenvalue weighted by atomic mass is 35.5. The van der Waals surface area contributed by atoms with Crippen molar-refractivity contribution in [3.8, 4) is 5.69 Å². The molecule has 2 aromatic rings. The number of halogens is 1. The molecule has 0 atom stereocenters. The molecule has 0 bridgehead atoms. The van der Waals surface area contributed by atoms with Crippen molar-refractivity contribution in [2.75, 3.05) is 7.05 Å². The Labute approximate surface area is 139 Å². The number of amides is 1. The number of carboxylic acid groups (broad SMARTS) is 1. The third-order valence-electron chi connectivity index (χ3n) is 3.99. The summed E-state index contributed by atoms with van der Waals surface area (Å²) in [6.07, 6.45) is 1.43. The van der Waals surface area contributed by atoms with Crippen LogP contribution >= 0.6 is 11.6 Å². The molecule has 1 amide bonds. The van der Waals surface area contributed by atoms with E-state index in [0.29, 0.717) is 22.0 Å². The van der Waals surface area contributed by atoms with Gasteiger partial charge in [-0.25, -0.2) is 9.48 Å². The molecule has 1 aromatic carbocycles. The molecule has 0 aliphatic heterocycles. The summed E-state index contributed by atoms with van der Waals surface area (Å²) >= 11 is 6.16. The van der Waals surface area contributed by atoms with E-state index in [1.54, 1.807) is 29.8 Å². The largest absolute Gasteiger partial charge is 0.480 e. The summed E-state index contributed by atoms with van der Waals surface area (Å²) in [5.41, 5.74) is 0.263. The number of likely N-dealkylation sites (N-methyl/N-ethyl adjacent to an activating group) is 1. The summed E-state index contributed by atoms with van der Waals surface area (Å²) in [5.74, 6) is -1.49. The van der Waals surface area contributed by atoms with Crippen LogP contribution in [-0.2, 0) is 4.79 Å². The highest BCUT2D eigenvalue weighted by Gasteiger charge is 2.36. The molecule has 0 radical (unpaired) electrons. The van der Waals surface area contributed by atoms with Crippen LogP contribution < -0.4 is 0 Å². The number of carboxylic acids is 1. The first-order chi connectivity index (χ1) is 10.7. The number of hydrogen-bond acceptors (Lipinski definition) is 3. The Hall–Kier alpha value is -2.34. The summed E-state index contributed by atoms with van der Waals surface area (Å²) < 4.78 is 1.57. The Bertz CT molecular complexity index is 768. The second-order valence-electron chi connectivity index (χ2n) is 5.74. The van der Waals surface area contributed by atoms with Gasteiger partial charge in [-0.2, -0.15) is 5.10 Å². The molecule has 0 spiro atoms. The zero-order valence-electron chi connectivity index (χ0n) is 13.4. The van der Waals surface area contributed by atoms with Gasteiger partial charge in [-0.1, -0.05) is 23.7 Å². The van der Waals surface area contributed by atoms with Crippen LogP contribution in [0.1, 0.15) is 29.9 Å². The number of carbonyl (C=O) groups excluding carboxylic acids is 1. The molecular formula is C16H18ClN3O3. The quantitative estimate of drug-likeness (QED) is 0.932. The maximum Gasteiger partial charge on any atom is 0.329 e. The van der Waals surface area contributed by atoms with Crippen molar-refractivity contribution in [2.24, 2.45) is 0 Å². The lowest BCUT2D eigenvalue weighted by Crippen LogP contribution is -2.50. The van der Waals surface area contributed by atoms with E-state index in [1.165, 1.54) is 32.0 Å². The molecule has 1 aromatic heterocycles. The van der Waals surface area contributed by atoms with Gasteiger partial charge in [0.05, 0.1) is 28.2 Å². The van der Waals surface area contributed by atoms with Crippen LogP contribution in [0.25, 0.3) is 5.69 Å². The van der Waals surface area contributed by atoms with Gasteiger partial charge in [0, 0.05) is 7.05 Å². The van der Waals surface area contributed by atoms with Gasteiger partial charge in [-0.05, 0) is 32.9 Å². The van der Waals surface area contributed by atoms with E-state index >= 15 is 0 Å². The van der Waals surface area contributed by atoms with Crippen molar-refractivity contribution < 1.29 is 14.7 Å². The first-order valence-corrected chi connectivity index (χ1v) is 7.36. The van der Waals surface area contributed by atoms with E-state index in [1.807, 2.05) is 6.07 Å². The highest BCUT2D eigenvalue weighted by molar-refractivity contribution is 6.32. The van der Waals surface area contributed by atoms with Crippen LogP contribution in [0.5, 0.6) is 0 Å². The van der Waals surface area contributed by atoms with Crippen molar-refractivity contribution in [2.45, 2.75) is 26.3 Å². The van der Waals surface area contributed by atoms with E-state index in [9.17, 15) is 14.7 Å².